The van der Waals surface area contributed by atoms with Gasteiger partial charge in [-0.1, -0.05) is 66.7 Å². The second-order valence-corrected chi connectivity index (χ2v) is 7.25. The van der Waals surface area contributed by atoms with Crippen molar-refractivity contribution in [3.05, 3.63) is 101 Å². The molecule has 0 atom stereocenters. The summed E-state index contributed by atoms with van der Waals surface area (Å²) < 4.78 is 4.90. The van der Waals surface area contributed by atoms with E-state index in [1.165, 1.54) is 7.11 Å². The van der Waals surface area contributed by atoms with Crippen molar-refractivity contribution in [1.29, 1.82) is 0 Å². The molecule has 1 radical (unpaired) electrons. The maximum Gasteiger partial charge on any atom is 0.433 e. The van der Waals surface area contributed by atoms with Crippen LogP contribution >= 0.6 is 0 Å². The van der Waals surface area contributed by atoms with Crippen LogP contribution in [-0.4, -0.2) is 31.1 Å². The second-order valence-electron chi connectivity index (χ2n) is 7.25. The van der Waals surface area contributed by atoms with Crippen LogP contribution in [0.4, 0.5) is 10.5 Å². The zero-order valence-corrected chi connectivity index (χ0v) is 21.5. The number of aromatic nitrogens is 1. The summed E-state index contributed by atoms with van der Waals surface area (Å²) >= 11 is 0. The number of pyridine rings is 1. The first-order valence-corrected chi connectivity index (χ1v) is 10.4. The number of carbonyl (C=O) groups is 2. The maximum atomic E-state index is 13.7. The number of nitrogens with one attached hydrogen (secondary N) is 1. The number of hydrogen-bond donors (Lipinski definition) is 1. The van der Waals surface area contributed by atoms with Crippen molar-refractivity contribution >= 4 is 28.6 Å². The second kappa shape index (κ2) is 11.5. The Morgan fingerprint density at radius 1 is 0.941 bits per heavy atom. The number of methoxy groups -OCH3 is 1. The molecule has 0 saturated carbocycles. The number of nitrogens with zero attached hydrogens (tertiary/aromatic N) is 3. The van der Waals surface area contributed by atoms with E-state index < -0.39 is 12.0 Å². The van der Waals surface area contributed by atoms with Gasteiger partial charge in [-0.25, -0.2) is 9.78 Å². The van der Waals surface area contributed by atoms with Gasteiger partial charge in [0.25, 0.3) is 5.91 Å². The average Bonchev–Trinajstić information content (AvgIpc) is 2.87. The van der Waals surface area contributed by atoms with Crippen molar-refractivity contribution in [2.75, 3.05) is 19.2 Å². The molecule has 0 bridgehead atoms. The van der Waals surface area contributed by atoms with Crippen LogP contribution < -0.4 is 10.4 Å². The first-order valence-electron chi connectivity index (χ1n) is 10.4. The van der Waals surface area contributed by atoms with Gasteiger partial charge in [-0.15, -0.1) is 6.54 Å². The molecule has 3 aromatic carbocycles. The monoisotopic (exact) mass is 626 g/mol. The molecule has 4 rings (SSSR count). The molecular weight excluding hydrogens is 603 g/mol. The molecule has 0 spiro atoms. The molecule has 34 heavy (non-hydrogen) atoms. The van der Waals surface area contributed by atoms with Crippen molar-refractivity contribution in [3.8, 4) is 11.3 Å². The number of ether oxygens (including phenoxy) is 1. The van der Waals surface area contributed by atoms with E-state index in [0.29, 0.717) is 33.4 Å². The van der Waals surface area contributed by atoms with E-state index in [2.05, 4.69) is 10.7 Å². The third-order valence-corrected chi connectivity index (χ3v) is 5.17. The Morgan fingerprint density at radius 2 is 1.56 bits per heavy atom. The molecule has 0 fully saturated rings. The van der Waals surface area contributed by atoms with Gasteiger partial charge in [-0.05, 0) is 23.8 Å². The topological polar surface area (TPSA) is 85.6 Å². The van der Waals surface area contributed by atoms with Crippen molar-refractivity contribution in [3.63, 3.8) is 0 Å². The minimum Gasteiger partial charge on any atom is -0.661 e. The molecular formula is C26H23N4O3Re-. The summed E-state index contributed by atoms with van der Waals surface area (Å²) in [5.41, 5.74) is 6.51. The molecule has 0 aliphatic heterocycles. The third-order valence-electron chi connectivity index (χ3n) is 5.17. The van der Waals surface area contributed by atoms with Crippen LogP contribution in [0.25, 0.3) is 27.5 Å². The zero-order valence-electron chi connectivity index (χ0n) is 18.7. The minimum absolute atomic E-state index is 0. The summed E-state index contributed by atoms with van der Waals surface area (Å²) in [7, 11) is 2.96. The van der Waals surface area contributed by atoms with Crippen LogP contribution in [0.2, 0.25) is 0 Å². The van der Waals surface area contributed by atoms with E-state index in [4.69, 9.17) is 9.72 Å². The first kappa shape index (κ1) is 25.1. The van der Waals surface area contributed by atoms with Crippen molar-refractivity contribution < 1.29 is 34.7 Å². The molecule has 1 heterocycles. The van der Waals surface area contributed by atoms with Gasteiger partial charge in [0.1, 0.15) is 0 Å². The predicted octanol–water partition coefficient (Wildman–Crippen LogP) is 5.32. The molecule has 2 amide bonds. The number of benzene rings is 3. The van der Waals surface area contributed by atoms with Crippen molar-refractivity contribution in [2.24, 2.45) is 0 Å². The summed E-state index contributed by atoms with van der Waals surface area (Å²) in [5, 5.41) is 6.07. The van der Waals surface area contributed by atoms with Crippen LogP contribution in [0, 0.1) is 0 Å². The van der Waals surface area contributed by atoms with E-state index in [9.17, 15) is 9.59 Å². The smallest absolute Gasteiger partial charge is 0.433 e. The van der Waals surface area contributed by atoms with Gasteiger partial charge < -0.3 is 10.1 Å². The molecule has 173 valence electrons. The number of para-hydroxylation sites is 2. The molecule has 1 N–H and O–H groups in total. The van der Waals surface area contributed by atoms with Gasteiger partial charge in [0, 0.05) is 31.4 Å². The number of hydrazine groups is 1. The molecule has 0 saturated heterocycles. The van der Waals surface area contributed by atoms with E-state index in [1.54, 1.807) is 31.3 Å². The molecule has 7 nitrogen and oxygen atoms in total. The Morgan fingerprint density at radius 3 is 2.21 bits per heavy atom. The summed E-state index contributed by atoms with van der Waals surface area (Å²) in [6.07, 6.45) is -0.710. The normalized spacial score (nSPS) is 10.3. The fourth-order valence-corrected chi connectivity index (χ4v) is 3.70. The molecule has 1 aromatic heterocycles. The number of amides is 2. The SMILES string of the molecule is C[N-]Cc1c(-c2ccccc2)nc2ccccc2c1C(=O)NN(C(=O)OC)c1ccccc1.[Re]. The van der Waals surface area contributed by atoms with Gasteiger partial charge in [0.2, 0.25) is 0 Å². The molecule has 0 aliphatic rings. The summed E-state index contributed by atoms with van der Waals surface area (Å²) in [6.45, 7) is 0.286. The van der Waals surface area contributed by atoms with E-state index >= 15 is 0 Å². The first-order chi connectivity index (χ1) is 16.1. The number of anilines is 1. The van der Waals surface area contributed by atoms with Crippen LogP contribution in [0.15, 0.2) is 84.9 Å². The Kier molecular flexibility index (Phi) is 8.50. The van der Waals surface area contributed by atoms with Crippen LogP contribution in [0.5, 0.6) is 0 Å². The fraction of sp³-hybridized carbons (Fsp3) is 0.115. The quantitative estimate of drug-likeness (QED) is 0.305. The van der Waals surface area contributed by atoms with Gasteiger partial charge >= 0.3 is 6.09 Å². The molecule has 4 aromatic rings. The molecule has 0 aliphatic carbocycles. The fourth-order valence-electron chi connectivity index (χ4n) is 3.70. The third kappa shape index (κ3) is 5.15. The van der Waals surface area contributed by atoms with Gasteiger partial charge in [0.15, 0.2) is 0 Å². The summed E-state index contributed by atoms with van der Waals surface area (Å²) in [6, 6.07) is 25.9. The Balaban J connectivity index is 0.00000324. The van der Waals surface area contributed by atoms with Crippen LogP contribution in [0.1, 0.15) is 15.9 Å². The number of carbonyl (C=O) groups excluding carboxylic acids is 2. The van der Waals surface area contributed by atoms with E-state index in [1.807, 2.05) is 60.7 Å². The zero-order chi connectivity index (χ0) is 23.2. The van der Waals surface area contributed by atoms with E-state index in [0.717, 1.165) is 10.6 Å². The van der Waals surface area contributed by atoms with Gasteiger partial charge in [-0.2, -0.15) is 12.1 Å². The van der Waals surface area contributed by atoms with Crippen LogP contribution in [0.3, 0.4) is 0 Å². The van der Waals surface area contributed by atoms with Gasteiger partial charge in [-0.3, -0.25) is 10.2 Å². The summed E-state index contributed by atoms with van der Waals surface area (Å²) in [4.78, 5) is 31.1. The summed E-state index contributed by atoms with van der Waals surface area (Å²) in [5.74, 6) is -0.460. The molecule has 0 unspecified atom stereocenters. The standard InChI is InChI=1S/C26H23N4O3.Re/c1-27-17-21-23(25(31)29-30(26(32)33-2)19-13-7-4-8-14-19)20-15-9-10-16-22(20)28-24(21)18-11-5-3-6-12-18;/h3-16H,17H2,1-2H3,(H,29,31);/q-1;. The minimum atomic E-state index is -0.710. The predicted molar refractivity (Wildman–Crippen MR) is 129 cm³/mol. The Bertz CT molecular complexity index is 1280. The van der Waals surface area contributed by atoms with Gasteiger partial charge in [0.05, 0.1) is 29.6 Å². The van der Waals surface area contributed by atoms with Crippen molar-refractivity contribution in [1.82, 2.24) is 10.4 Å². The van der Waals surface area contributed by atoms with Crippen molar-refractivity contribution in [2.45, 2.75) is 6.54 Å². The Hall–Kier alpha value is -3.57. The largest absolute Gasteiger partial charge is 0.661 e. The average molecular weight is 626 g/mol. The Labute approximate surface area is 211 Å². The number of rotatable bonds is 5. The number of fused-ring (bicyclic) bond motifs is 1. The van der Waals surface area contributed by atoms with Crippen LogP contribution in [-0.2, 0) is 31.7 Å². The van der Waals surface area contributed by atoms with E-state index in [-0.39, 0.29) is 27.0 Å². The number of hydrogen-bond acceptors (Lipinski definition) is 4. The maximum absolute atomic E-state index is 13.7. The molecule has 8 heteroatoms.